The van der Waals surface area contributed by atoms with Gasteiger partial charge in [0.1, 0.15) is 5.00 Å². The van der Waals surface area contributed by atoms with E-state index in [1.807, 2.05) is 18.2 Å². The number of rotatable bonds is 4. The van der Waals surface area contributed by atoms with Crippen molar-refractivity contribution in [3.63, 3.8) is 0 Å². The van der Waals surface area contributed by atoms with Crippen molar-refractivity contribution in [1.82, 2.24) is 9.80 Å². The van der Waals surface area contributed by atoms with Crippen molar-refractivity contribution in [3.05, 3.63) is 50.9 Å². The number of esters is 1. The lowest BCUT2D eigenvalue weighted by molar-refractivity contribution is 0.0601. The van der Waals surface area contributed by atoms with Gasteiger partial charge in [0.05, 0.1) is 12.7 Å². The number of anilines is 1. The monoisotopic (exact) mass is 477 g/mol. The van der Waals surface area contributed by atoms with Gasteiger partial charge in [0.15, 0.2) is 5.11 Å². The molecule has 2 aliphatic rings. The van der Waals surface area contributed by atoms with E-state index in [0.29, 0.717) is 16.6 Å². The fraction of sp³-hybridized carbons (Fsp3) is 0.478. The summed E-state index contributed by atoms with van der Waals surface area (Å²) in [5, 5.41) is 5.69. The van der Waals surface area contributed by atoms with Gasteiger partial charge in [-0.2, -0.15) is 0 Å². The maximum atomic E-state index is 12.5. The predicted octanol–water partition coefficient (Wildman–Crippen LogP) is 4.83. The number of halogens is 1. The number of ether oxygens (including phenoxy) is 1. The molecule has 4 rings (SSSR count). The largest absolute Gasteiger partial charge is 0.465 e. The molecule has 0 spiro atoms. The Morgan fingerprint density at radius 3 is 2.74 bits per heavy atom. The average Bonchev–Trinajstić information content (AvgIpc) is 3.12. The third kappa shape index (κ3) is 5.06. The van der Waals surface area contributed by atoms with Crippen LogP contribution >= 0.6 is 35.2 Å². The van der Waals surface area contributed by atoms with E-state index in [9.17, 15) is 4.79 Å². The van der Waals surface area contributed by atoms with Crippen molar-refractivity contribution in [2.45, 2.75) is 32.7 Å². The number of hydrogen-bond donors (Lipinski definition) is 1. The van der Waals surface area contributed by atoms with Crippen LogP contribution in [0.2, 0.25) is 5.02 Å². The molecule has 5 nitrogen and oxygen atoms in total. The third-order valence-corrected chi connectivity index (χ3v) is 8.03. The molecule has 1 atom stereocenters. The molecule has 1 aromatic heterocycles. The molecule has 1 aliphatic carbocycles. The minimum atomic E-state index is -0.276. The number of nitrogens with one attached hydrogen (secondary N) is 1. The lowest BCUT2D eigenvalue weighted by Crippen LogP contribution is -2.49. The maximum absolute atomic E-state index is 12.5. The second-order valence-electron chi connectivity index (χ2n) is 8.33. The standard InChI is InChI=1S/C23H28ClN3O2S2/c1-15-7-8-17-19(13-15)31-21(20(17)22(28)29-2)25-23(30)27-11-9-26(10-12-27)14-16-5-3-4-6-18(16)24/h3-6,15H,7-14H2,1-2H3,(H,25,30). The van der Waals surface area contributed by atoms with Gasteiger partial charge in [-0.25, -0.2) is 4.79 Å². The third-order valence-electron chi connectivity index (χ3n) is 6.13. The minimum Gasteiger partial charge on any atom is -0.465 e. The van der Waals surface area contributed by atoms with Crippen LogP contribution in [0.15, 0.2) is 24.3 Å². The SMILES string of the molecule is COC(=O)c1c(NC(=S)N2CCN(Cc3ccccc3Cl)CC2)sc2c1CCC(C)C2. The first-order valence-corrected chi connectivity index (χ1v) is 12.3. The molecule has 1 aliphatic heterocycles. The molecule has 0 saturated carbocycles. The van der Waals surface area contributed by atoms with Gasteiger partial charge in [0.2, 0.25) is 0 Å². The summed E-state index contributed by atoms with van der Waals surface area (Å²) in [5.41, 5.74) is 2.97. The summed E-state index contributed by atoms with van der Waals surface area (Å²) in [4.78, 5) is 18.4. The zero-order chi connectivity index (χ0) is 22.0. The van der Waals surface area contributed by atoms with Gasteiger partial charge in [-0.3, -0.25) is 4.90 Å². The molecule has 8 heteroatoms. The van der Waals surface area contributed by atoms with Crippen LogP contribution in [-0.2, 0) is 24.1 Å². The van der Waals surface area contributed by atoms with Crippen molar-refractivity contribution in [3.8, 4) is 0 Å². The molecular weight excluding hydrogens is 450 g/mol. The lowest BCUT2D eigenvalue weighted by Gasteiger charge is -2.36. The number of thiocarbonyl (C=S) groups is 1. The minimum absolute atomic E-state index is 0.276. The fourth-order valence-electron chi connectivity index (χ4n) is 4.31. The molecule has 166 valence electrons. The molecule has 0 radical (unpaired) electrons. The number of benzene rings is 1. The number of fused-ring (bicyclic) bond motifs is 1. The van der Waals surface area contributed by atoms with Gasteiger partial charge in [-0.1, -0.05) is 36.7 Å². The highest BCUT2D eigenvalue weighted by atomic mass is 35.5. The van der Waals surface area contributed by atoms with Gasteiger partial charge >= 0.3 is 5.97 Å². The summed E-state index contributed by atoms with van der Waals surface area (Å²) < 4.78 is 5.09. The van der Waals surface area contributed by atoms with Gasteiger partial charge in [0, 0.05) is 42.6 Å². The van der Waals surface area contributed by atoms with Crippen LogP contribution in [0.25, 0.3) is 0 Å². The molecule has 31 heavy (non-hydrogen) atoms. The Kier molecular flexibility index (Phi) is 7.16. The van der Waals surface area contributed by atoms with E-state index in [1.165, 1.54) is 12.0 Å². The van der Waals surface area contributed by atoms with Gasteiger partial charge in [-0.15, -0.1) is 11.3 Å². The molecular formula is C23H28ClN3O2S2. The highest BCUT2D eigenvalue weighted by Crippen LogP contribution is 2.40. The summed E-state index contributed by atoms with van der Waals surface area (Å²) in [6.45, 7) is 6.61. The Hall–Kier alpha value is -1.67. The smallest absolute Gasteiger partial charge is 0.341 e. The Morgan fingerprint density at radius 1 is 1.29 bits per heavy atom. The predicted molar refractivity (Wildman–Crippen MR) is 131 cm³/mol. The van der Waals surface area contributed by atoms with Crippen molar-refractivity contribution < 1.29 is 9.53 Å². The molecule has 1 unspecified atom stereocenters. The summed E-state index contributed by atoms with van der Waals surface area (Å²) in [6.07, 6.45) is 3.04. The van der Waals surface area contributed by atoms with Crippen molar-refractivity contribution >= 4 is 51.2 Å². The van der Waals surface area contributed by atoms with Crippen molar-refractivity contribution in [2.75, 3.05) is 38.6 Å². The zero-order valence-corrected chi connectivity index (χ0v) is 20.3. The highest BCUT2D eigenvalue weighted by Gasteiger charge is 2.29. The van der Waals surface area contributed by atoms with E-state index in [2.05, 4.69) is 28.1 Å². The Labute approximate surface area is 198 Å². The van der Waals surface area contributed by atoms with Gasteiger partial charge in [0.25, 0.3) is 0 Å². The number of thiophene rings is 1. The summed E-state index contributed by atoms with van der Waals surface area (Å²) in [5.74, 6) is 0.365. The molecule has 1 N–H and O–H groups in total. The van der Waals surface area contributed by atoms with Crippen LogP contribution < -0.4 is 5.32 Å². The molecule has 2 heterocycles. The average molecular weight is 478 g/mol. The van der Waals surface area contributed by atoms with Crippen LogP contribution in [-0.4, -0.2) is 54.2 Å². The summed E-state index contributed by atoms with van der Waals surface area (Å²) >= 11 is 13.7. The van der Waals surface area contributed by atoms with Crippen LogP contribution in [0.5, 0.6) is 0 Å². The second-order valence-corrected chi connectivity index (χ2v) is 10.2. The van der Waals surface area contributed by atoms with Crippen LogP contribution in [0, 0.1) is 5.92 Å². The van der Waals surface area contributed by atoms with E-state index in [0.717, 1.165) is 73.1 Å². The van der Waals surface area contributed by atoms with E-state index in [1.54, 1.807) is 11.3 Å². The number of nitrogens with zero attached hydrogens (tertiary/aromatic N) is 2. The number of hydrogen-bond acceptors (Lipinski definition) is 5. The van der Waals surface area contributed by atoms with Crippen molar-refractivity contribution in [2.24, 2.45) is 5.92 Å². The first kappa shape index (κ1) is 22.5. The molecule has 1 aromatic carbocycles. The first-order valence-electron chi connectivity index (χ1n) is 10.7. The molecule has 0 amide bonds. The lowest BCUT2D eigenvalue weighted by atomic mass is 9.88. The fourth-order valence-corrected chi connectivity index (χ4v) is 6.25. The topological polar surface area (TPSA) is 44.8 Å². The van der Waals surface area contributed by atoms with Crippen LogP contribution in [0.3, 0.4) is 0 Å². The highest BCUT2D eigenvalue weighted by molar-refractivity contribution is 7.80. The molecule has 0 bridgehead atoms. The van der Waals surface area contributed by atoms with E-state index in [4.69, 9.17) is 28.6 Å². The quantitative estimate of drug-likeness (QED) is 0.502. The van der Waals surface area contributed by atoms with E-state index < -0.39 is 0 Å². The van der Waals surface area contributed by atoms with Crippen LogP contribution in [0.4, 0.5) is 5.00 Å². The number of carbonyl (C=O) groups is 1. The summed E-state index contributed by atoms with van der Waals surface area (Å²) in [6, 6.07) is 8.00. The molecule has 2 aromatic rings. The Morgan fingerprint density at radius 2 is 2.03 bits per heavy atom. The van der Waals surface area contributed by atoms with E-state index >= 15 is 0 Å². The maximum Gasteiger partial charge on any atom is 0.341 e. The normalized spacial score (nSPS) is 19.1. The number of piperazine rings is 1. The Balaban J connectivity index is 1.40. The molecule has 1 saturated heterocycles. The van der Waals surface area contributed by atoms with Gasteiger partial charge < -0.3 is 15.0 Å². The first-order chi connectivity index (χ1) is 15.0. The van der Waals surface area contributed by atoms with Crippen LogP contribution in [0.1, 0.15) is 39.7 Å². The molecule has 1 fully saturated rings. The van der Waals surface area contributed by atoms with Gasteiger partial charge in [-0.05, 0) is 54.6 Å². The number of carbonyl (C=O) groups excluding carboxylic acids is 1. The second kappa shape index (κ2) is 9.86. The van der Waals surface area contributed by atoms with E-state index in [-0.39, 0.29) is 5.97 Å². The zero-order valence-electron chi connectivity index (χ0n) is 17.9. The van der Waals surface area contributed by atoms with Crippen molar-refractivity contribution in [1.29, 1.82) is 0 Å². The number of methoxy groups -OCH3 is 1. The Bertz CT molecular complexity index is 970. The summed E-state index contributed by atoms with van der Waals surface area (Å²) in [7, 11) is 1.44.